The number of hydrogen-bond donors (Lipinski definition) is 0. The molecule has 2 heteroatoms. The van der Waals surface area contributed by atoms with Crippen LogP contribution in [0.1, 0.15) is 11.1 Å². The molecule has 4 rings (SSSR count). The van der Waals surface area contributed by atoms with Crippen LogP contribution in [0.2, 0.25) is 0 Å². The summed E-state index contributed by atoms with van der Waals surface area (Å²) < 4.78 is 0. The summed E-state index contributed by atoms with van der Waals surface area (Å²) in [7, 11) is 4.25. The lowest BCUT2D eigenvalue weighted by atomic mass is 9.35. The maximum Gasteiger partial charge on any atom is 0.241 e. The van der Waals surface area contributed by atoms with Gasteiger partial charge in [-0.1, -0.05) is 119 Å². The van der Waals surface area contributed by atoms with Gasteiger partial charge in [0, 0.05) is 6.54 Å². The molecule has 0 bridgehead atoms. The minimum atomic E-state index is 0.188. The third kappa shape index (κ3) is 4.55. The zero-order valence-electron chi connectivity index (χ0n) is 18.0. The van der Waals surface area contributed by atoms with Crippen molar-refractivity contribution >= 4 is 33.9 Å². The molecule has 0 radical (unpaired) electrons. The van der Waals surface area contributed by atoms with Gasteiger partial charge in [-0.2, -0.15) is 0 Å². The third-order valence-electron chi connectivity index (χ3n) is 5.61. The van der Waals surface area contributed by atoms with E-state index in [4.69, 9.17) is 0 Å². The largest absolute Gasteiger partial charge is 0.306 e. The first-order chi connectivity index (χ1) is 14.6. The van der Waals surface area contributed by atoms with Crippen LogP contribution in [0.25, 0.3) is 16.2 Å². The van der Waals surface area contributed by atoms with Gasteiger partial charge in [0.25, 0.3) is 0 Å². The van der Waals surface area contributed by atoms with Gasteiger partial charge in [-0.25, -0.2) is 0 Å². The first-order valence-corrected chi connectivity index (χ1v) is 10.6. The minimum absolute atomic E-state index is 0.188. The Labute approximate surface area is 180 Å². The number of fused-ring (bicyclic) bond motifs is 1. The molecule has 0 spiro atoms. The number of aryl methyl sites for hydroxylation is 1. The lowest BCUT2D eigenvalue weighted by Crippen LogP contribution is -2.43. The fourth-order valence-corrected chi connectivity index (χ4v) is 4.01. The Bertz CT molecular complexity index is 1140. The number of nitrogens with zero attached hydrogens (tertiary/aromatic N) is 1. The summed E-state index contributed by atoms with van der Waals surface area (Å²) in [5, 5.41) is 2.56. The van der Waals surface area contributed by atoms with Crippen LogP contribution < -0.4 is 10.9 Å². The van der Waals surface area contributed by atoms with Gasteiger partial charge in [-0.05, 0) is 43.4 Å². The molecule has 0 N–H and O–H groups in total. The Morgan fingerprint density at radius 3 is 2.07 bits per heavy atom. The molecular formula is C28H28BN. The van der Waals surface area contributed by atoms with Crippen molar-refractivity contribution in [3.05, 3.63) is 114 Å². The van der Waals surface area contributed by atoms with E-state index in [0.29, 0.717) is 0 Å². The lowest BCUT2D eigenvalue weighted by Gasteiger charge is -2.21. The Morgan fingerprint density at radius 1 is 0.733 bits per heavy atom. The standard InChI is InChI=1S/C28H28BN/c1-22-13-17-27(18-14-22)29(26-11-5-4-6-12-26)28(19-20-30(2)3)25-16-15-23-9-7-8-10-24(23)21-25/h4-19,21H,20H2,1-3H3/b28-19-. The van der Waals surface area contributed by atoms with Crippen LogP contribution in [-0.4, -0.2) is 32.3 Å². The van der Waals surface area contributed by atoms with Crippen LogP contribution in [0.4, 0.5) is 0 Å². The maximum absolute atomic E-state index is 2.39. The monoisotopic (exact) mass is 389 g/mol. The summed E-state index contributed by atoms with van der Waals surface area (Å²) in [5.41, 5.74) is 6.56. The summed E-state index contributed by atoms with van der Waals surface area (Å²) in [5.74, 6) is 0. The highest BCUT2D eigenvalue weighted by Gasteiger charge is 2.25. The predicted octanol–water partition coefficient (Wildman–Crippen LogP) is 4.94. The van der Waals surface area contributed by atoms with Gasteiger partial charge in [0.15, 0.2) is 0 Å². The third-order valence-corrected chi connectivity index (χ3v) is 5.61. The smallest absolute Gasteiger partial charge is 0.241 e. The van der Waals surface area contributed by atoms with E-state index < -0.39 is 0 Å². The molecule has 0 aliphatic rings. The number of hydrogen-bond acceptors (Lipinski definition) is 1. The molecule has 0 amide bonds. The number of rotatable bonds is 6. The van der Waals surface area contributed by atoms with E-state index in [1.165, 1.54) is 38.3 Å². The van der Waals surface area contributed by atoms with Crippen LogP contribution in [0, 0.1) is 6.92 Å². The van der Waals surface area contributed by atoms with Crippen molar-refractivity contribution in [2.75, 3.05) is 20.6 Å². The van der Waals surface area contributed by atoms with Gasteiger partial charge in [0.05, 0.1) is 0 Å². The molecule has 0 heterocycles. The average Bonchev–Trinajstić information content (AvgIpc) is 2.77. The Balaban J connectivity index is 1.90. The highest BCUT2D eigenvalue weighted by atomic mass is 15.0. The van der Waals surface area contributed by atoms with E-state index in [1.54, 1.807) is 0 Å². The summed E-state index contributed by atoms with van der Waals surface area (Å²) >= 11 is 0. The van der Waals surface area contributed by atoms with Crippen LogP contribution >= 0.6 is 0 Å². The lowest BCUT2D eigenvalue weighted by molar-refractivity contribution is 0.457. The summed E-state index contributed by atoms with van der Waals surface area (Å²) in [4.78, 5) is 2.22. The van der Waals surface area contributed by atoms with Crippen molar-refractivity contribution in [3.8, 4) is 0 Å². The molecule has 1 nitrogen and oxygen atoms in total. The second kappa shape index (κ2) is 9.15. The van der Waals surface area contributed by atoms with Crippen molar-refractivity contribution < 1.29 is 0 Å². The quantitative estimate of drug-likeness (QED) is 0.422. The number of likely N-dealkylation sites (N-methyl/N-ethyl adjacent to an activating group) is 1. The molecule has 0 saturated heterocycles. The second-order valence-electron chi connectivity index (χ2n) is 8.24. The minimum Gasteiger partial charge on any atom is -0.306 e. The molecule has 0 unspecified atom stereocenters. The molecule has 148 valence electrons. The van der Waals surface area contributed by atoms with Crippen LogP contribution in [0.3, 0.4) is 0 Å². The molecule has 4 aromatic carbocycles. The number of benzene rings is 4. The molecule has 4 aromatic rings. The van der Waals surface area contributed by atoms with Gasteiger partial charge >= 0.3 is 0 Å². The van der Waals surface area contributed by atoms with Crippen LogP contribution in [-0.2, 0) is 0 Å². The van der Waals surface area contributed by atoms with Crippen molar-refractivity contribution in [2.45, 2.75) is 6.92 Å². The predicted molar refractivity (Wildman–Crippen MR) is 133 cm³/mol. The Kier molecular flexibility index (Phi) is 6.16. The topological polar surface area (TPSA) is 3.24 Å². The Hall–Kier alpha value is -3.10. The molecule has 0 fully saturated rings. The molecule has 30 heavy (non-hydrogen) atoms. The maximum atomic E-state index is 2.39. The summed E-state index contributed by atoms with van der Waals surface area (Å²) in [6, 6.07) is 35.3. The van der Waals surface area contributed by atoms with Gasteiger partial charge in [-0.15, -0.1) is 0 Å². The van der Waals surface area contributed by atoms with E-state index in [1.807, 2.05) is 0 Å². The highest BCUT2D eigenvalue weighted by Crippen LogP contribution is 2.24. The van der Waals surface area contributed by atoms with E-state index in [2.05, 4.69) is 129 Å². The SMILES string of the molecule is Cc1ccc(B(/C(=C\CN(C)C)c2ccc3ccccc3c2)c2ccccc2)cc1. The normalized spacial score (nSPS) is 11.8. The van der Waals surface area contributed by atoms with Gasteiger partial charge in [-0.3, -0.25) is 0 Å². The van der Waals surface area contributed by atoms with Crippen molar-refractivity contribution in [1.82, 2.24) is 4.90 Å². The molecule has 0 saturated carbocycles. The van der Waals surface area contributed by atoms with Crippen LogP contribution in [0.5, 0.6) is 0 Å². The molecular weight excluding hydrogens is 361 g/mol. The van der Waals surface area contributed by atoms with E-state index in [-0.39, 0.29) is 6.71 Å². The Morgan fingerprint density at radius 2 is 1.37 bits per heavy atom. The average molecular weight is 389 g/mol. The van der Waals surface area contributed by atoms with E-state index in [0.717, 1.165) is 6.54 Å². The zero-order chi connectivity index (χ0) is 20.9. The fourth-order valence-electron chi connectivity index (χ4n) is 4.01. The van der Waals surface area contributed by atoms with E-state index in [9.17, 15) is 0 Å². The van der Waals surface area contributed by atoms with Crippen molar-refractivity contribution in [1.29, 1.82) is 0 Å². The summed E-state index contributed by atoms with van der Waals surface area (Å²) in [6.45, 7) is 3.23. The first-order valence-electron chi connectivity index (χ1n) is 10.6. The first kappa shape index (κ1) is 20.2. The highest BCUT2D eigenvalue weighted by molar-refractivity contribution is 6.99. The van der Waals surface area contributed by atoms with Gasteiger partial charge in [0.1, 0.15) is 0 Å². The zero-order valence-corrected chi connectivity index (χ0v) is 18.0. The molecule has 0 aliphatic heterocycles. The molecule has 0 atom stereocenters. The van der Waals surface area contributed by atoms with Crippen molar-refractivity contribution in [3.63, 3.8) is 0 Å². The van der Waals surface area contributed by atoms with Gasteiger partial charge in [0.2, 0.25) is 6.71 Å². The van der Waals surface area contributed by atoms with Crippen LogP contribution in [0.15, 0.2) is 103 Å². The second-order valence-corrected chi connectivity index (χ2v) is 8.24. The molecule has 0 aliphatic carbocycles. The van der Waals surface area contributed by atoms with Gasteiger partial charge < -0.3 is 4.90 Å². The summed E-state index contributed by atoms with van der Waals surface area (Å²) in [6.07, 6.45) is 2.39. The molecule has 0 aromatic heterocycles. The fraction of sp³-hybridized carbons (Fsp3) is 0.143. The van der Waals surface area contributed by atoms with E-state index >= 15 is 0 Å². The van der Waals surface area contributed by atoms with Crippen molar-refractivity contribution in [2.24, 2.45) is 0 Å².